The average Bonchev–Trinajstić information content (AvgIpc) is 2.75. The Labute approximate surface area is 124 Å². The van der Waals surface area contributed by atoms with E-state index in [2.05, 4.69) is 23.4 Å². The molecule has 0 atom stereocenters. The maximum atomic E-state index is 11.1. The van der Waals surface area contributed by atoms with Crippen molar-refractivity contribution in [2.75, 3.05) is 6.61 Å². The van der Waals surface area contributed by atoms with Gasteiger partial charge in [0.1, 0.15) is 5.82 Å². The van der Waals surface area contributed by atoms with Crippen molar-refractivity contribution in [1.29, 1.82) is 0 Å². The number of benzene rings is 1. The Morgan fingerprint density at radius 3 is 2.67 bits per heavy atom. The molecule has 0 bridgehead atoms. The van der Waals surface area contributed by atoms with Crippen LogP contribution >= 0.6 is 0 Å². The van der Waals surface area contributed by atoms with Crippen LogP contribution in [0.5, 0.6) is 0 Å². The molecule has 2 aromatic rings. The van der Waals surface area contributed by atoms with E-state index in [0.717, 1.165) is 24.3 Å². The van der Waals surface area contributed by atoms with Crippen LogP contribution in [0.25, 0.3) is 11.0 Å². The van der Waals surface area contributed by atoms with Crippen LogP contribution in [-0.2, 0) is 13.0 Å². The average molecular weight is 290 g/mol. The van der Waals surface area contributed by atoms with Crippen LogP contribution in [0.2, 0.25) is 0 Å². The lowest BCUT2D eigenvalue weighted by molar-refractivity contribution is 0.0697. The Morgan fingerprint density at radius 1 is 1.38 bits per heavy atom. The van der Waals surface area contributed by atoms with Gasteiger partial charge in [0.05, 0.1) is 16.6 Å². The zero-order valence-corrected chi connectivity index (χ0v) is 12.8. The van der Waals surface area contributed by atoms with Crippen molar-refractivity contribution in [2.45, 2.75) is 40.2 Å². The fourth-order valence-corrected chi connectivity index (χ4v) is 2.57. The lowest BCUT2D eigenvalue weighted by Crippen LogP contribution is -2.22. The standard InChI is InChI=1S/C16H22N2O3/c1-4-14-17-12-9-11(15(20)21)5-6-13(12)18(14)10-16(2,3)7-8-19/h5-6,9,19H,4,7-8,10H2,1-3H3,(H,20,21). The fraction of sp³-hybridized carbons (Fsp3) is 0.500. The topological polar surface area (TPSA) is 75.3 Å². The van der Waals surface area contributed by atoms with E-state index < -0.39 is 5.97 Å². The van der Waals surface area contributed by atoms with Crippen LogP contribution in [0.1, 0.15) is 43.4 Å². The summed E-state index contributed by atoms with van der Waals surface area (Å²) in [6, 6.07) is 5.05. The van der Waals surface area contributed by atoms with Crippen LogP contribution < -0.4 is 0 Å². The first-order chi connectivity index (χ1) is 9.88. The highest BCUT2D eigenvalue weighted by Gasteiger charge is 2.21. The molecule has 0 saturated heterocycles. The first kappa shape index (κ1) is 15.5. The van der Waals surface area contributed by atoms with Crippen molar-refractivity contribution in [1.82, 2.24) is 9.55 Å². The van der Waals surface area contributed by atoms with Gasteiger partial charge in [-0.15, -0.1) is 0 Å². The first-order valence-electron chi connectivity index (χ1n) is 7.21. The van der Waals surface area contributed by atoms with Gasteiger partial charge in [-0.2, -0.15) is 0 Å². The van der Waals surface area contributed by atoms with E-state index in [1.54, 1.807) is 12.1 Å². The van der Waals surface area contributed by atoms with E-state index in [4.69, 9.17) is 5.11 Å². The van der Waals surface area contributed by atoms with Gasteiger partial charge in [-0.3, -0.25) is 0 Å². The molecule has 0 unspecified atom stereocenters. The lowest BCUT2D eigenvalue weighted by Gasteiger charge is -2.25. The van der Waals surface area contributed by atoms with Crippen molar-refractivity contribution >= 4 is 17.0 Å². The minimum absolute atomic E-state index is 0.0439. The number of hydrogen-bond donors (Lipinski definition) is 2. The lowest BCUT2D eigenvalue weighted by atomic mass is 9.89. The van der Waals surface area contributed by atoms with Gasteiger partial charge < -0.3 is 14.8 Å². The molecule has 0 fully saturated rings. The largest absolute Gasteiger partial charge is 0.478 e. The molecule has 0 amide bonds. The molecular formula is C16H22N2O3. The van der Waals surface area contributed by atoms with Crippen molar-refractivity contribution in [3.63, 3.8) is 0 Å². The SMILES string of the molecule is CCc1nc2cc(C(=O)O)ccc2n1CC(C)(C)CCO. The summed E-state index contributed by atoms with van der Waals surface area (Å²) in [7, 11) is 0. The van der Waals surface area contributed by atoms with E-state index in [9.17, 15) is 9.90 Å². The molecule has 2 rings (SSSR count). The highest BCUT2D eigenvalue weighted by atomic mass is 16.4. The van der Waals surface area contributed by atoms with Crippen LogP contribution in [0.3, 0.4) is 0 Å². The zero-order chi connectivity index (χ0) is 15.6. The summed E-state index contributed by atoms with van der Waals surface area (Å²) >= 11 is 0. The van der Waals surface area contributed by atoms with Gasteiger partial charge >= 0.3 is 5.97 Å². The van der Waals surface area contributed by atoms with Gasteiger partial charge in [0, 0.05) is 19.6 Å². The molecule has 0 aliphatic carbocycles. The summed E-state index contributed by atoms with van der Waals surface area (Å²) in [5, 5.41) is 18.2. The summed E-state index contributed by atoms with van der Waals surface area (Å²) in [4.78, 5) is 15.6. The predicted octanol–water partition coefficient (Wildman–Crippen LogP) is 2.71. The van der Waals surface area contributed by atoms with Crippen LogP contribution in [0, 0.1) is 5.41 Å². The minimum Gasteiger partial charge on any atom is -0.478 e. The normalized spacial score (nSPS) is 12.0. The smallest absolute Gasteiger partial charge is 0.335 e. The van der Waals surface area contributed by atoms with Crippen molar-refractivity contribution in [2.24, 2.45) is 5.41 Å². The molecule has 1 aromatic heterocycles. The zero-order valence-electron chi connectivity index (χ0n) is 12.8. The molecule has 2 N–H and O–H groups in total. The molecule has 5 heteroatoms. The van der Waals surface area contributed by atoms with Gasteiger partial charge in [-0.25, -0.2) is 9.78 Å². The monoisotopic (exact) mass is 290 g/mol. The molecule has 0 spiro atoms. The molecule has 0 radical (unpaired) electrons. The Hall–Kier alpha value is -1.88. The molecule has 0 aliphatic rings. The molecule has 21 heavy (non-hydrogen) atoms. The van der Waals surface area contributed by atoms with Crippen molar-refractivity contribution in [3.8, 4) is 0 Å². The number of aromatic carboxylic acids is 1. The third-order valence-electron chi connectivity index (χ3n) is 3.77. The number of rotatable bonds is 6. The Balaban J connectivity index is 2.49. The third-order valence-corrected chi connectivity index (χ3v) is 3.77. The summed E-state index contributed by atoms with van der Waals surface area (Å²) in [6.07, 6.45) is 1.50. The highest BCUT2D eigenvalue weighted by molar-refractivity contribution is 5.92. The summed E-state index contributed by atoms with van der Waals surface area (Å²) < 4.78 is 2.14. The molecule has 5 nitrogen and oxygen atoms in total. The van der Waals surface area contributed by atoms with E-state index in [0.29, 0.717) is 11.9 Å². The van der Waals surface area contributed by atoms with Gasteiger partial charge in [0.15, 0.2) is 0 Å². The van der Waals surface area contributed by atoms with E-state index in [1.807, 2.05) is 13.0 Å². The number of carbonyl (C=O) groups is 1. The summed E-state index contributed by atoms with van der Waals surface area (Å²) in [5.74, 6) is 0.00339. The molecule has 114 valence electrons. The molecule has 1 aromatic carbocycles. The third kappa shape index (κ3) is 3.24. The predicted molar refractivity (Wildman–Crippen MR) is 81.6 cm³/mol. The van der Waals surface area contributed by atoms with Crippen molar-refractivity contribution < 1.29 is 15.0 Å². The number of carboxylic acids is 1. The number of nitrogens with zero attached hydrogens (tertiary/aromatic N) is 2. The molecule has 0 saturated carbocycles. The highest BCUT2D eigenvalue weighted by Crippen LogP contribution is 2.27. The second-order valence-corrected chi connectivity index (χ2v) is 6.11. The van der Waals surface area contributed by atoms with E-state index in [-0.39, 0.29) is 17.6 Å². The van der Waals surface area contributed by atoms with E-state index in [1.165, 1.54) is 0 Å². The second-order valence-electron chi connectivity index (χ2n) is 6.11. The molecule has 1 heterocycles. The Bertz CT molecular complexity index is 659. The maximum Gasteiger partial charge on any atom is 0.335 e. The van der Waals surface area contributed by atoms with Gasteiger partial charge in [-0.05, 0) is 30.0 Å². The second kappa shape index (κ2) is 5.85. The Morgan fingerprint density at radius 2 is 2.10 bits per heavy atom. The quantitative estimate of drug-likeness (QED) is 0.857. The minimum atomic E-state index is -0.940. The van der Waals surface area contributed by atoms with Gasteiger partial charge in [0.25, 0.3) is 0 Å². The van der Waals surface area contributed by atoms with Crippen LogP contribution in [-0.4, -0.2) is 32.3 Å². The van der Waals surface area contributed by atoms with Crippen LogP contribution in [0.4, 0.5) is 0 Å². The number of hydrogen-bond acceptors (Lipinski definition) is 3. The molecular weight excluding hydrogens is 268 g/mol. The number of aliphatic hydroxyl groups excluding tert-OH is 1. The number of imidazole rings is 1. The van der Waals surface area contributed by atoms with Gasteiger partial charge in [0.2, 0.25) is 0 Å². The van der Waals surface area contributed by atoms with E-state index >= 15 is 0 Å². The number of aromatic nitrogens is 2. The number of fused-ring (bicyclic) bond motifs is 1. The summed E-state index contributed by atoms with van der Waals surface area (Å²) in [6.45, 7) is 7.17. The fourth-order valence-electron chi connectivity index (χ4n) is 2.57. The maximum absolute atomic E-state index is 11.1. The summed E-state index contributed by atoms with van der Waals surface area (Å²) in [5.41, 5.74) is 1.87. The first-order valence-corrected chi connectivity index (χ1v) is 7.21. The van der Waals surface area contributed by atoms with Crippen LogP contribution in [0.15, 0.2) is 18.2 Å². The number of aliphatic hydroxyl groups is 1. The number of aryl methyl sites for hydroxylation is 1. The van der Waals surface area contributed by atoms with Crippen molar-refractivity contribution in [3.05, 3.63) is 29.6 Å². The van der Waals surface area contributed by atoms with Gasteiger partial charge in [-0.1, -0.05) is 20.8 Å². The molecule has 0 aliphatic heterocycles. The number of carboxylic acid groups (broad SMARTS) is 1. The Kier molecular flexibility index (Phi) is 4.32.